The minimum atomic E-state index is -0.582. The van der Waals surface area contributed by atoms with Crippen molar-refractivity contribution >= 4 is 22.7 Å². The van der Waals surface area contributed by atoms with Crippen LogP contribution in [0.2, 0.25) is 0 Å². The summed E-state index contributed by atoms with van der Waals surface area (Å²) < 4.78 is 6.52. The second kappa shape index (κ2) is 7.90. The molecule has 1 N–H and O–H groups in total. The first kappa shape index (κ1) is 18.9. The van der Waals surface area contributed by atoms with E-state index in [0.29, 0.717) is 24.4 Å². The van der Waals surface area contributed by atoms with Crippen molar-refractivity contribution in [3.05, 3.63) is 74.8 Å². The first-order valence-electron chi connectivity index (χ1n) is 9.65. The molecule has 1 aliphatic rings. The fraction of sp³-hybridized carbons (Fsp3) is 0.333. The number of oxazole rings is 1. The number of nitrogens with zero attached hydrogens (tertiary/aromatic N) is 2. The lowest BCUT2D eigenvalue weighted by atomic mass is 10.0. The van der Waals surface area contributed by atoms with Gasteiger partial charge in [0, 0.05) is 19.0 Å². The van der Waals surface area contributed by atoms with Crippen LogP contribution in [0.4, 0.5) is 5.69 Å². The zero-order valence-electron chi connectivity index (χ0n) is 15.7. The molecule has 0 aliphatic heterocycles. The number of fused-ring (bicyclic) bond motifs is 1. The topological polar surface area (TPSA) is 107 Å². The van der Waals surface area contributed by atoms with Crippen molar-refractivity contribution < 1.29 is 14.1 Å². The second-order valence-corrected chi connectivity index (χ2v) is 7.33. The number of benzene rings is 2. The lowest BCUT2D eigenvalue weighted by Crippen LogP contribution is -2.30. The summed E-state index contributed by atoms with van der Waals surface area (Å²) in [6.45, 7) is 0.302. The third-order valence-electron chi connectivity index (χ3n) is 5.22. The highest BCUT2D eigenvalue weighted by molar-refractivity contribution is 5.77. The highest BCUT2D eigenvalue weighted by Gasteiger charge is 2.33. The standard InChI is InChI=1S/C21H21N3O5/c25-19(22-20(15-8-9-15)14-5-2-1-3-6-14)7-4-12-23-17-11-10-16(24(27)28)13-18(17)29-21(23)26/h1-3,5-6,10-11,13,15,20H,4,7-9,12H2,(H,22,25). The summed E-state index contributed by atoms with van der Waals surface area (Å²) in [7, 11) is 0. The van der Waals surface area contributed by atoms with Gasteiger partial charge in [-0.3, -0.25) is 19.5 Å². The molecule has 3 aromatic rings. The maximum Gasteiger partial charge on any atom is 0.419 e. The van der Waals surface area contributed by atoms with E-state index in [1.54, 1.807) is 0 Å². The molecule has 1 fully saturated rings. The van der Waals surface area contributed by atoms with Gasteiger partial charge in [0.2, 0.25) is 5.91 Å². The Hall–Kier alpha value is -3.42. The van der Waals surface area contributed by atoms with Gasteiger partial charge >= 0.3 is 5.76 Å². The molecule has 1 aromatic heterocycles. The van der Waals surface area contributed by atoms with Gasteiger partial charge in [-0.25, -0.2) is 4.79 Å². The average molecular weight is 395 g/mol. The van der Waals surface area contributed by atoms with Crippen LogP contribution in [-0.4, -0.2) is 15.4 Å². The van der Waals surface area contributed by atoms with Gasteiger partial charge in [0.25, 0.3) is 5.69 Å². The zero-order chi connectivity index (χ0) is 20.4. The van der Waals surface area contributed by atoms with Crippen LogP contribution < -0.4 is 11.1 Å². The summed E-state index contributed by atoms with van der Waals surface area (Å²) in [6, 6.07) is 14.0. The Morgan fingerprint density at radius 1 is 1.24 bits per heavy atom. The second-order valence-electron chi connectivity index (χ2n) is 7.33. The van der Waals surface area contributed by atoms with Crippen molar-refractivity contribution in [3.8, 4) is 0 Å². The van der Waals surface area contributed by atoms with Gasteiger partial charge < -0.3 is 9.73 Å². The van der Waals surface area contributed by atoms with E-state index in [-0.39, 0.29) is 29.6 Å². The molecule has 1 aliphatic carbocycles. The van der Waals surface area contributed by atoms with Gasteiger partial charge in [0.1, 0.15) is 0 Å². The van der Waals surface area contributed by atoms with E-state index in [0.717, 1.165) is 18.4 Å². The molecule has 8 heteroatoms. The molecule has 1 atom stereocenters. The highest BCUT2D eigenvalue weighted by Crippen LogP contribution is 2.41. The maximum absolute atomic E-state index is 12.5. The van der Waals surface area contributed by atoms with Crippen LogP contribution in [0.1, 0.15) is 37.3 Å². The summed E-state index contributed by atoms with van der Waals surface area (Å²) in [5.74, 6) is -0.152. The maximum atomic E-state index is 12.5. The Bertz CT molecular complexity index is 1100. The number of aryl methyl sites for hydroxylation is 1. The van der Waals surface area contributed by atoms with E-state index in [9.17, 15) is 19.7 Å². The predicted molar refractivity (Wildman–Crippen MR) is 106 cm³/mol. The van der Waals surface area contributed by atoms with Crippen LogP contribution in [0, 0.1) is 16.0 Å². The highest BCUT2D eigenvalue weighted by atomic mass is 16.6. The Morgan fingerprint density at radius 2 is 2.00 bits per heavy atom. The van der Waals surface area contributed by atoms with Crippen LogP contribution in [0.25, 0.3) is 11.1 Å². The third kappa shape index (κ3) is 4.21. The molecular weight excluding hydrogens is 374 g/mol. The number of rotatable bonds is 8. The van der Waals surface area contributed by atoms with Crippen LogP contribution in [0.3, 0.4) is 0 Å². The van der Waals surface area contributed by atoms with Gasteiger partial charge in [0.15, 0.2) is 5.58 Å². The van der Waals surface area contributed by atoms with Crippen molar-refractivity contribution in [2.45, 2.75) is 38.3 Å². The number of nitrogens with one attached hydrogen (secondary N) is 1. The molecule has 0 saturated heterocycles. The Balaban J connectivity index is 1.38. The van der Waals surface area contributed by atoms with Crippen molar-refractivity contribution in [1.82, 2.24) is 9.88 Å². The summed E-state index contributed by atoms with van der Waals surface area (Å²) >= 11 is 0. The third-order valence-corrected chi connectivity index (χ3v) is 5.22. The van der Waals surface area contributed by atoms with Crippen molar-refractivity contribution in [2.24, 2.45) is 5.92 Å². The first-order valence-corrected chi connectivity index (χ1v) is 9.65. The number of nitro benzene ring substituents is 1. The lowest BCUT2D eigenvalue weighted by Gasteiger charge is -2.18. The van der Waals surface area contributed by atoms with Crippen molar-refractivity contribution in [1.29, 1.82) is 0 Å². The molecule has 150 valence electrons. The van der Waals surface area contributed by atoms with Gasteiger partial charge in [0.05, 0.1) is 22.5 Å². The minimum absolute atomic E-state index is 0.0294. The van der Waals surface area contributed by atoms with Crippen LogP contribution in [-0.2, 0) is 11.3 Å². The fourth-order valence-corrected chi connectivity index (χ4v) is 3.59. The molecule has 0 radical (unpaired) electrons. The number of hydrogen-bond donors (Lipinski definition) is 1. The number of aromatic nitrogens is 1. The largest absolute Gasteiger partial charge is 0.419 e. The molecule has 1 unspecified atom stereocenters. The van der Waals surface area contributed by atoms with E-state index in [1.807, 2.05) is 30.3 Å². The molecular formula is C21H21N3O5. The summed E-state index contributed by atoms with van der Waals surface area (Å²) in [5.41, 5.74) is 1.64. The molecule has 8 nitrogen and oxygen atoms in total. The van der Waals surface area contributed by atoms with E-state index in [1.165, 1.54) is 22.8 Å². The van der Waals surface area contributed by atoms with Gasteiger partial charge in [-0.2, -0.15) is 0 Å². The number of amides is 1. The number of nitro groups is 1. The summed E-state index contributed by atoms with van der Waals surface area (Å²) in [4.78, 5) is 34.9. The van der Waals surface area contributed by atoms with Crippen LogP contribution in [0.5, 0.6) is 0 Å². The fourth-order valence-electron chi connectivity index (χ4n) is 3.59. The Morgan fingerprint density at radius 3 is 2.69 bits per heavy atom. The molecule has 0 spiro atoms. The van der Waals surface area contributed by atoms with Crippen molar-refractivity contribution in [2.75, 3.05) is 0 Å². The molecule has 4 rings (SSSR count). The summed E-state index contributed by atoms with van der Waals surface area (Å²) in [5, 5.41) is 14.0. The molecule has 0 bridgehead atoms. The number of hydrogen-bond acceptors (Lipinski definition) is 5. The summed E-state index contributed by atoms with van der Waals surface area (Å²) in [6.07, 6.45) is 2.97. The Kier molecular flexibility index (Phi) is 5.16. The molecule has 1 saturated carbocycles. The normalized spacial score (nSPS) is 14.6. The number of carbonyl (C=O) groups is 1. The first-order chi connectivity index (χ1) is 14.0. The van der Waals surface area contributed by atoms with E-state index in [2.05, 4.69) is 5.32 Å². The molecule has 2 aromatic carbocycles. The van der Waals surface area contributed by atoms with E-state index in [4.69, 9.17) is 4.42 Å². The minimum Gasteiger partial charge on any atom is -0.407 e. The number of non-ortho nitro benzene ring substituents is 1. The smallest absolute Gasteiger partial charge is 0.407 e. The quantitative estimate of drug-likeness (QED) is 0.464. The average Bonchev–Trinajstić information content (AvgIpc) is 3.50. The molecule has 1 heterocycles. The monoisotopic (exact) mass is 395 g/mol. The molecule has 29 heavy (non-hydrogen) atoms. The van der Waals surface area contributed by atoms with Crippen LogP contribution in [0.15, 0.2) is 57.7 Å². The van der Waals surface area contributed by atoms with Crippen LogP contribution >= 0.6 is 0 Å². The van der Waals surface area contributed by atoms with Gasteiger partial charge in [-0.05, 0) is 36.8 Å². The van der Waals surface area contributed by atoms with Gasteiger partial charge in [-0.15, -0.1) is 0 Å². The van der Waals surface area contributed by atoms with E-state index >= 15 is 0 Å². The zero-order valence-corrected chi connectivity index (χ0v) is 15.7. The van der Waals surface area contributed by atoms with Gasteiger partial charge in [-0.1, -0.05) is 30.3 Å². The Labute approximate surface area is 166 Å². The lowest BCUT2D eigenvalue weighted by molar-refractivity contribution is -0.384. The SMILES string of the molecule is O=C(CCCn1c(=O)oc2cc([N+](=O)[O-])ccc21)NC(c1ccccc1)C1CC1. The molecule has 1 amide bonds. The van der Waals surface area contributed by atoms with Crippen molar-refractivity contribution in [3.63, 3.8) is 0 Å². The van der Waals surface area contributed by atoms with E-state index < -0.39 is 10.7 Å². The predicted octanol–water partition coefficient (Wildman–Crippen LogP) is 3.55. The number of carbonyl (C=O) groups excluding carboxylic acids is 1.